The van der Waals surface area contributed by atoms with Gasteiger partial charge in [0.05, 0.1) is 0 Å². The minimum atomic E-state index is -0.282. The predicted octanol–water partition coefficient (Wildman–Crippen LogP) is 6.50. The Balaban J connectivity index is 2.02. The van der Waals surface area contributed by atoms with Gasteiger partial charge in [-0.15, -0.1) is 0 Å². The van der Waals surface area contributed by atoms with Crippen molar-refractivity contribution >= 4 is 23.5 Å². The molecule has 0 aromatic heterocycles. The van der Waals surface area contributed by atoms with Gasteiger partial charge in [-0.1, -0.05) is 59.9 Å². The molecular weight excluding hydrogens is 308 g/mol. The summed E-state index contributed by atoms with van der Waals surface area (Å²) in [5.41, 5.74) is 0. The zero-order chi connectivity index (χ0) is 16.1. The quantitative estimate of drug-likeness (QED) is 0.446. The van der Waals surface area contributed by atoms with Crippen LogP contribution in [0, 0.1) is 0 Å². The molecule has 0 bridgehead atoms. The first-order chi connectivity index (χ1) is 10.4. The van der Waals surface area contributed by atoms with Crippen LogP contribution in [0.3, 0.4) is 0 Å². The number of hydrogen-bond donors (Lipinski definition) is 0. The normalized spacial score (nSPS) is 12.7. The summed E-state index contributed by atoms with van der Waals surface area (Å²) in [6, 6.07) is 20.6. The van der Waals surface area contributed by atoms with Gasteiger partial charge in [0.2, 0.25) is 0 Å². The largest absolute Gasteiger partial charge is 0.175 e. The van der Waals surface area contributed by atoms with E-state index in [0.29, 0.717) is 0 Å². The molecule has 0 aliphatic heterocycles. The SMILES string of the molecule is CC(C)(/N=N/C(C)(C)Sc1ccccc1)Sc1ccccc1. The van der Waals surface area contributed by atoms with Gasteiger partial charge in [-0.2, -0.15) is 10.2 Å². The minimum absolute atomic E-state index is 0.282. The average molecular weight is 331 g/mol. The van der Waals surface area contributed by atoms with Crippen LogP contribution in [-0.2, 0) is 0 Å². The molecule has 2 nitrogen and oxygen atoms in total. The Hall–Kier alpha value is -1.26. The van der Waals surface area contributed by atoms with Gasteiger partial charge < -0.3 is 0 Å². The van der Waals surface area contributed by atoms with Crippen LogP contribution in [0.1, 0.15) is 27.7 Å². The maximum absolute atomic E-state index is 4.59. The third kappa shape index (κ3) is 5.85. The maximum atomic E-state index is 4.59. The molecule has 2 aromatic carbocycles. The fourth-order valence-electron chi connectivity index (χ4n) is 1.84. The van der Waals surface area contributed by atoms with E-state index in [9.17, 15) is 0 Å². The van der Waals surface area contributed by atoms with E-state index in [0.717, 1.165) is 0 Å². The van der Waals surface area contributed by atoms with Crippen molar-refractivity contribution in [2.75, 3.05) is 0 Å². The van der Waals surface area contributed by atoms with Gasteiger partial charge in [-0.05, 0) is 52.0 Å². The third-order valence-electron chi connectivity index (χ3n) is 2.75. The standard InChI is InChI=1S/C18H22N2S2/c1-17(2,21-15-11-7-5-8-12-15)19-20-18(3,4)22-16-13-9-6-10-14-16/h5-14H,1-4H3/b20-19+. The highest BCUT2D eigenvalue weighted by molar-refractivity contribution is 8.01. The van der Waals surface area contributed by atoms with Gasteiger partial charge in [-0.3, -0.25) is 0 Å². The summed E-state index contributed by atoms with van der Waals surface area (Å²) in [5.74, 6) is 0. The van der Waals surface area contributed by atoms with Crippen molar-refractivity contribution in [1.29, 1.82) is 0 Å². The number of azo groups is 1. The Kier molecular flexibility index (Phi) is 5.70. The van der Waals surface area contributed by atoms with E-state index in [1.54, 1.807) is 23.5 Å². The predicted molar refractivity (Wildman–Crippen MR) is 97.6 cm³/mol. The second-order valence-corrected chi connectivity index (χ2v) is 9.27. The Morgan fingerprint density at radius 2 is 0.909 bits per heavy atom. The van der Waals surface area contributed by atoms with Crippen LogP contribution in [-0.4, -0.2) is 9.74 Å². The molecule has 0 unspecified atom stereocenters. The van der Waals surface area contributed by atoms with Crippen molar-refractivity contribution in [3.63, 3.8) is 0 Å². The first kappa shape index (κ1) is 17.1. The summed E-state index contributed by atoms with van der Waals surface area (Å²) in [6.07, 6.45) is 0. The molecule has 0 aliphatic carbocycles. The van der Waals surface area contributed by atoms with Crippen LogP contribution < -0.4 is 0 Å². The number of benzene rings is 2. The van der Waals surface area contributed by atoms with Crippen LogP contribution >= 0.6 is 23.5 Å². The molecule has 0 spiro atoms. The highest BCUT2D eigenvalue weighted by Crippen LogP contribution is 2.38. The lowest BCUT2D eigenvalue weighted by molar-refractivity contribution is 0.614. The number of thioether (sulfide) groups is 2. The lowest BCUT2D eigenvalue weighted by atomic mass is 10.4. The lowest BCUT2D eigenvalue weighted by Crippen LogP contribution is -2.15. The second kappa shape index (κ2) is 7.34. The van der Waals surface area contributed by atoms with Gasteiger partial charge in [0.15, 0.2) is 0 Å². The van der Waals surface area contributed by atoms with Gasteiger partial charge in [-0.25, -0.2) is 0 Å². The van der Waals surface area contributed by atoms with Gasteiger partial charge in [0, 0.05) is 9.79 Å². The van der Waals surface area contributed by atoms with Crippen LogP contribution in [0.25, 0.3) is 0 Å². The summed E-state index contributed by atoms with van der Waals surface area (Å²) in [5, 5.41) is 9.17. The molecule has 0 heterocycles. The maximum Gasteiger partial charge on any atom is 0.125 e. The highest BCUT2D eigenvalue weighted by atomic mass is 32.2. The minimum Gasteiger partial charge on any atom is -0.175 e. The van der Waals surface area contributed by atoms with Crippen molar-refractivity contribution in [3.8, 4) is 0 Å². The summed E-state index contributed by atoms with van der Waals surface area (Å²) in [6.45, 7) is 8.38. The van der Waals surface area contributed by atoms with E-state index in [1.807, 2.05) is 36.4 Å². The molecule has 2 aromatic rings. The molecule has 0 amide bonds. The smallest absolute Gasteiger partial charge is 0.125 e. The van der Waals surface area contributed by atoms with E-state index in [-0.39, 0.29) is 9.74 Å². The van der Waals surface area contributed by atoms with Crippen LogP contribution in [0.2, 0.25) is 0 Å². The molecule has 0 aliphatic rings. The molecule has 0 radical (unpaired) electrons. The molecule has 0 saturated heterocycles. The molecule has 0 fully saturated rings. The van der Waals surface area contributed by atoms with E-state index in [2.05, 4.69) is 62.2 Å². The molecule has 4 heteroatoms. The summed E-state index contributed by atoms with van der Waals surface area (Å²) >= 11 is 3.45. The van der Waals surface area contributed by atoms with E-state index < -0.39 is 0 Å². The Bertz CT molecular complexity index is 552. The van der Waals surface area contributed by atoms with Crippen molar-refractivity contribution in [2.45, 2.75) is 47.2 Å². The van der Waals surface area contributed by atoms with Crippen molar-refractivity contribution in [3.05, 3.63) is 60.7 Å². The summed E-state index contributed by atoms with van der Waals surface area (Å²) in [4.78, 5) is 1.85. The van der Waals surface area contributed by atoms with Crippen molar-refractivity contribution < 1.29 is 0 Å². The van der Waals surface area contributed by atoms with Gasteiger partial charge in [0.25, 0.3) is 0 Å². The number of hydrogen-bond acceptors (Lipinski definition) is 4. The summed E-state index contributed by atoms with van der Waals surface area (Å²) < 4.78 is 0. The lowest BCUT2D eigenvalue weighted by Gasteiger charge is -2.22. The topological polar surface area (TPSA) is 24.7 Å². The van der Waals surface area contributed by atoms with Crippen LogP contribution in [0.4, 0.5) is 0 Å². The van der Waals surface area contributed by atoms with E-state index in [4.69, 9.17) is 0 Å². The van der Waals surface area contributed by atoms with Crippen molar-refractivity contribution in [2.24, 2.45) is 10.2 Å². The Morgan fingerprint density at radius 3 is 1.23 bits per heavy atom. The molecule has 22 heavy (non-hydrogen) atoms. The molecule has 0 atom stereocenters. The van der Waals surface area contributed by atoms with Crippen LogP contribution in [0.15, 0.2) is 80.7 Å². The number of rotatable bonds is 6. The number of nitrogens with zero attached hydrogens (tertiary/aromatic N) is 2. The molecule has 0 N–H and O–H groups in total. The van der Waals surface area contributed by atoms with E-state index in [1.165, 1.54) is 9.79 Å². The summed E-state index contributed by atoms with van der Waals surface area (Å²) in [7, 11) is 0. The second-order valence-electron chi connectivity index (χ2n) is 5.92. The molecule has 0 saturated carbocycles. The highest BCUT2D eigenvalue weighted by Gasteiger charge is 2.23. The molecule has 2 rings (SSSR count). The van der Waals surface area contributed by atoms with Crippen LogP contribution in [0.5, 0.6) is 0 Å². The molecule has 116 valence electrons. The first-order valence-electron chi connectivity index (χ1n) is 7.29. The monoisotopic (exact) mass is 330 g/mol. The van der Waals surface area contributed by atoms with Gasteiger partial charge >= 0.3 is 0 Å². The third-order valence-corrected chi connectivity index (χ3v) is 4.93. The Labute approximate surface area is 141 Å². The van der Waals surface area contributed by atoms with Crippen molar-refractivity contribution in [1.82, 2.24) is 0 Å². The molecular formula is C18H22N2S2. The Morgan fingerprint density at radius 1 is 0.591 bits per heavy atom. The fraction of sp³-hybridized carbons (Fsp3) is 0.333. The van der Waals surface area contributed by atoms with E-state index >= 15 is 0 Å². The average Bonchev–Trinajstić information content (AvgIpc) is 2.47. The first-order valence-corrected chi connectivity index (χ1v) is 8.92. The fourth-order valence-corrected chi connectivity index (χ4v) is 3.74. The zero-order valence-corrected chi connectivity index (χ0v) is 15.1. The van der Waals surface area contributed by atoms with Gasteiger partial charge in [0.1, 0.15) is 9.74 Å². The zero-order valence-electron chi connectivity index (χ0n) is 13.5.